The maximum absolute atomic E-state index is 14.8. The number of methoxy groups -OCH3 is 1. The van der Waals surface area contributed by atoms with Crippen molar-refractivity contribution in [2.75, 3.05) is 54.5 Å². The van der Waals surface area contributed by atoms with E-state index >= 15 is 0 Å². The van der Waals surface area contributed by atoms with Gasteiger partial charge in [-0.15, -0.1) is 0 Å². The molecule has 2 N–H and O–H groups in total. The van der Waals surface area contributed by atoms with Crippen LogP contribution in [-0.4, -0.2) is 168 Å². The molecule has 6 radical (unpaired) electrons. The average Bonchev–Trinajstić information content (AvgIpc) is 4.06. The van der Waals surface area contributed by atoms with E-state index in [1.807, 2.05) is 46.7 Å². The zero-order valence-corrected chi connectivity index (χ0v) is 46.5. The second kappa shape index (κ2) is 21.6. The molecule has 6 heterocycles. The van der Waals surface area contributed by atoms with Crippen LogP contribution in [0.25, 0.3) is 33.5 Å². The number of carbonyl (C=O) groups excluding carboxylic acids is 5. The first-order chi connectivity index (χ1) is 35.0. The molecule has 0 unspecified atom stereocenters. The highest BCUT2D eigenvalue weighted by Gasteiger charge is 2.48. The molecule has 4 amide bonds. The lowest BCUT2D eigenvalue weighted by atomic mass is 9.84. The van der Waals surface area contributed by atoms with Crippen LogP contribution >= 0.6 is 0 Å². The van der Waals surface area contributed by atoms with Crippen molar-refractivity contribution in [3.8, 4) is 34.4 Å². The maximum atomic E-state index is 14.8. The Morgan fingerprint density at radius 1 is 1.05 bits per heavy atom. The molecule has 7 rings (SSSR count). The first-order valence-corrected chi connectivity index (χ1v) is 26.0. The average molecular weight is 1070 g/mol. The predicted octanol–water partition coefficient (Wildman–Crippen LogP) is 5.16. The number of nitrogens with one attached hydrogen (secondary N) is 2. The van der Waals surface area contributed by atoms with E-state index in [-0.39, 0.29) is 74.8 Å². The van der Waals surface area contributed by atoms with Crippen molar-refractivity contribution >= 4 is 61.0 Å². The summed E-state index contributed by atoms with van der Waals surface area (Å²) in [5.74, 6) is 2.59. The van der Waals surface area contributed by atoms with Crippen LogP contribution in [0, 0.1) is 23.2 Å². The van der Waals surface area contributed by atoms with Gasteiger partial charge in [0.2, 0.25) is 11.8 Å². The van der Waals surface area contributed by atoms with Crippen molar-refractivity contribution in [1.82, 2.24) is 45.0 Å². The van der Waals surface area contributed by atoms with Crippen LogP contribution in [0.1, 0.15) is 91.0 Å². The monoisotopic (exact) mass is 1070 g/mol. The molecule has 3 aliphatic rings. The number of hydrogen-bond donors (Lipinski definition) is 2. The summed E-state index contributed by atoms with van der Waals surface area (Å²) in [6.07, 6.45) is -1.58. The molecule has 6 bridgehead atoms. The third kappa shape index (κ3) is 12.2. The van der Waals surface area contributed by atoms with Gasteiger partial charge in [-0.05, 0) is 108 Å². The van der Waals surface area contributed by atoms with Crippen LogP contribution in [0.5, 0.6) is 0 Å². The Hall–Kier alpha value is -5.87. The van der Waals surface area contributed by atoms with Crippen LogP contribution in [0.15, 0.2) is 47.1 Å². The Bertz CT molecular complexity index is 2910. The number of rotatable bonds is 10. The summed E-state index contributed by atoms with van der Waals surface area (Å²) in [5, 5.41) is 1.76. The number of nitrogens with zero attached hydrogens (tertiary/aromatic N) is 7. The van der Waals surface area contributed by atoms with E-state index in [2.05, 4.69) is 53.0 Å². The largest absolute Gasteiger partial charge is 0.464 e. The summed E-state index contributed by atoms with van der Waals surface area (Å²) in [6, 6.07) is 5.85. The van der Waals surface area contributed by atoms with E-state index in [1.54, 1.807) is 57.3 Å². The van der Waals surface area contributed by atoms with Gasteiger partial charge in [0.05, 0.1) is 57.5 Å². The quantitative estimate of drug-likeness (QED) is 0.121. The van der Waals surface area contributed by atoms with Crippen LogP contribution in [-0.2, 0) is 52.8 Å². The number of cyclic esters (lactones) is 1. The summed E-state index contributed by atoms with van der Waals surface area (Å²) >= 11 is 0. The number of carbonyl (C=O) groups is 5. The Labute approximate surface area is 442 Å². The number of hydrazine groups is 1. The molecule has 3 aliphatic heterocycles. The molecular weight excluding hydrogens is 1000 g/mol. The number of alkyl halides is 3. The first-order valence-electron chi connectivity index (χ1n) is 25.0. The lowest BCUT2D eigenvalue weighted by Gasteiger charge is -2.41. The van der Waals surface area contributed by atoms with Crippen molar-refractivity contribution in [1.29, 1.82) is 0 Å². The minimum Gasteiger partial charge on any atom is -0.464 e. The van der Waals surface area contributed by atoms with Gasteiger partial charge in [0.15, 0.2) is 11.7 Å². The molecular formula is C53H66F3N9O8Si2. The number of hydrogen-bond acceptors (Lipinski definition) is 12. The highest BCUT2D eigenvalue weighted by molar-refractivity contribution is 6.29. The lowest BCUT2D eigenvalue weighted by molar-refractivity contribution is -0.158. The van der Waals surface area contributed by atoms with E-state index in [9.17, 15) is 37.1 Å². The molecule has 0 spiro atoms. The van der Waals surface area contributed by atoms with Gasteiger partial charge < -0.3 is 33.6 Å². The lowest BCUT2D eigenvalue weighted by Crippen LogP contribution is -2.67. The van der Waals surface area contributed by atoms with Crippen molar-refractivity contribution in [2.45, 2.75) is 127 Å². The number of likely N-dealkylation sites (tertiary alicyclic amines) is 1. The number of pyridine rings is 1. The molecule has 75 heavy (non-hydrogen) atoms. The number of ether oxygens (including phenoxy) is 2. The number of likely N-dealkylation sites (N-methyl/N-ethyl adjacent to an activating group) is 1. The summed E-state index contributed by atoms with van der Waals surface area (Å²) in [6.45, 7) is 11.7. The number of benzene rings is 1. The standard InChI is InChI=1S/C53H66F3N9O8Si2/c1-31(2)43(62(10)47(69)51(74)20-23-63(28-51)41(66)17-19-50(6,7)61(8)9)45(67)59-37-25-40-58-27-39(73-40)33-15-16-38-35(24-33)36(26-49(4,5)30-72-48(70)52(75)18-13-22-65(60-52)46(37)68)44(64(38)29-53(54,55)56)34-14-12-21-57-42(34)32(3)71-11/h12,14-16,21,24,27,31-32,37,43,60H,13,18,20,22-23,25-26,28-30H2,1-11H3,(H,59,67)/t32-,37-,43-,51+,52-/m0/s1. The van der Waals surface area contributed by atoms with Crippen molar-refractivity contribution in [3.05, 3.63) is 59.9 Å². The molecule has 17 nitrogen and oxygen atoms in total. The van der Waals surface area contributed by atoms with Gasteiger partial charge >= 0.3 is 12.1 Å². The zero-order valence-electron chi connectivity index (χ0n) is 44.5. The molecule has 22 heteroatoms. The third-order valence-electron chi connectivity index (χ3n) is 14.5. The van der Waals surface area contributed by atoms with Crippen molar-refractivity contribution in [2.24, 2.45) is 11.3 Å². The molecule has 3 aromatic heterocycles. The van der Waals surface area contributed by atoms with Crippen LogP contribution in [0.2, 0.25) is 5.04 Å². The molecule has 0 aliphatic carbocycles. The number of oxazole rings is 1. The smallest absolute Gasteiger partial charge is 0.406 e. The highest BCUT2D eigenvalue weighted by Crippen LogP contribution is 2.43. The number of amides is 4. The van der Waals surface area contributed by atoms with Gasteiger partial charge in [0.1, 0.15) is 23.8 Å². The normalized spacial score (nSPS) is 22.3. The Morgan fingerprint density at radius 3 is 2.44 bits per heavy atom. The SMILES string of the molecule is CO[C@@H](C)c1ncccc1-c1c2c3cc(ccc3n1CC(F)(F)F)-c1cnc(o1)C[C@H](NC(=O)[C@H](C(C)C)N(C)C(=O)[C@@]1([Si])CCN(C(=O)C#CC(C)(C)N(C)C)C1)C(=O)N1CCC[C@@]([Si])(N1)C(=O)OCC(C)(C)C2. The van der Waals surface area contributed by atoms with Gasteiger partial charge in [0, 0.05) is 77.7 Å². The summed E-state index contributed by atoms with van der Waals surface area (Å²) in [5.41, 5.74) is 3.99. The van der Waals surface area contributed by atoms with E-state index < -0.39 is 87.6 Å². The number of fused-ring (bicyclic) bond motifs is 6. The van der Waals surface area contributed by atoms with Gasteiger partial charge in [-0.3, -0.25) is 38.9 Å². The maximum Gasteiger partial charge on any atom is 0.406 e. The zero-order chi connectivity index (χ0) is 55.2. The molecule has 2 saturated heterocycles. The molecule has 400 valence electrons. The van der Waals surface area contributed by atoms with Gasteiger partial charge in [-0.1, -0.05) is 33.6 Å². The Morgan fingerprint density at radius 2 is 1.77 bits per heavy atom. The summed E-state index contributed by atoms with van der Waals surface area (Å²) in [4.78, 5) is 85.2. The Balaban J connectivity index is 1.27. The first kappa shape index (κ1) is 56.9. The topological polar surface area (TPSA) is 185 Å². The number of esters is 1. The van der Waals surface area contributed by atoms with E-state index in [4.69, 9.17) is 13.9 Å². The fraction of sp³-hybridized carbons (Fsp3) is 0.566. The van der Waals surface area contributed by atoms with Crippen molar-refractivity contribution in [3.63, 3.8) is 0 Å². The summed E-state index contributed by atoms with van der Waals surface area (Å²) < 4.78 is 63.4. The number of aromatic nitrogens is 3. The Kier molecular flexibility index (Phi) is 16.4. The molecule has 0 saturated carbocycles. The van der Waals surface area contributed by atoms with Gasteiger partial charge in [0.25, 0.3) is 11.8 Å². The predicted molar refractivity (Wildman–Crippen MR) is 275 cm³/mol. The second-order valence-corrected chi connectivity index (χ2v) is 23.7. The third-order valence-corrected chi connectivity index (χ3v) is 15.7. The second-order valence-electron chi connectivity index (χ2n) is 21.9. The van der Waals surface area contributed by atoms with Crippen LogP contribution in [0.3, 0.4) is 0 Å². The fourth-order valence-corrected chi connectivity index (χ4v) is 10.7. The van der Waals surface area contributed by atoms with E-state index in [0.717, 1.165) is 0 Å². The van der Waals surface area contributed by atoms with Crippen LogP contribution in [0.4, 0.5) is 13.2 Å². The van der Waals surface area contributed by atoms with Crippen molar-refractivity contribution < 1.29 is 51.0 Å². The molecule has 5 atom stereocenters. The van der Waals surface area contributed by atoms with E-state index in [1.165, 1.54) is 39.7 Å². The molecule has 1 aromatic carbocycles. The van der Waals surface area contributed by atoms with Gasteiger partial charge in [-0.2, -0.15) is 13.2 Å². The van der Waals surface area contributed by atoms with E-state index in [0.29, 0.717) is 34.2 Å². The molecule has 2 fully saturated rings. The highest BCUT2D eigenvalue weighted by atomic mass is 28.1. The summed E-state index contributed by atoms with van der Waals surface area (Å²) in [7, 11) is 14.0. The fourth-order valence-electron chi connectivity index (χ4n) is 9.83. The van der Waals surface area contributed by atoms with Gasteiger partial charge in [-0.25, -0.2) is 10.4 Å². The minimum atomic E-state index is -4.63. The molecule has 4 aromatic rings. The van der Waals surface area contributed by atoms with Crippen LogP contribution < -0.4 is 10.7 Å². The minimum absolute atomic E-state index is 0.00555. The number of halogens is 3.